The molecule has 2 rings (SSSR count). The van der Waals surface area contributed by atoms with Gasteiger partial charge in [0.15, 0.2) is 5.96 Å². The molecular weight excluding hydrogens is 421 g/mol. The molecule has 2 aromatic heterocycles. The SMILES string of the molecule is CN=C(NCc1sccc1C)NCc1nccn1CC(C)C.I. The molecule has 23 heavy (non-hydrogen) atoms. The van der Waals surface area contributed by atoms with E-state index in [1.54, 1.807) is 18.4 Å². The van der Waals surface area contributed by atoms with Crippen LogP contribution in [0.25, 0.3) is 0 Å². The predicted octanol–water partition coefficient (Wildman–Crippen LogP) is 3.39. The highest BCUT2D eigenvalue weighted by Crippen LogP contribution is 2.14. The zero-order valence-electron chi connectivity index (χ0n) is 14.2. The Hall–Kier alpha value is -1.09. The smallest absolute Gasteiger partial charge is 0.191 e. The summed E-state index contributed by atoms with van der Waals surface area (Å²) in [5, 5.41) is 8.79. The van der Waals surface area contributed by atoms with Gasteiger partial charge in [-0.2, -0.15) is 0 Å². The van der Waals surface area contributed by atoms with Gasteiger partial charge in [-0.05, 0) is 29.9 Å². The molecule has 0 saturated heterocycles. The van der Waals surface area contributed by atoms with Gasteiger partial charge in [0, 0.05) is 30.9 Å². The predicted molar refractivity (Wildman–Crippen MR) is 109 cm³/mol. The third-order valence-electron chi connectivity index (χ3n) is 3.39. The van der Waals surface area contributed by atoms with Crippen molar-refractivity contribution in [2.75, 3.05) is 7.05 Å². The molecule has 5 nitrogen and oxygen atoms in total. The first-order valence-corrected chi connectivity index (χ1v) is 8.45. The number of nitrogens with one attached hydrogen (secondary N) is 2. The van der Waals surface area contributed by atoms with Crippen molar-refractivity contribution in [2.45, 2.75) is 40.4 Å². The van der Waals surface area contributed by atoms with Gasteiger partial charge in [-0.25, -0.2) is 4.98 Å². The van der Waals surface area contributed by atoms with Gasteiger partial charge in [0.25, 0.3) is 0 Å². The minimum absolute atomic E-state index is 0. The summed E-state index contributed by atoms with van der Waals surface area (Å²) in [6.07, 6.45) is 3.88. The Balaban J connectivity index is 0.00000264. The summed E-state index contributed by atoms with van der Waals surface area (Å²) in [6, 6.07) is 2.14. The molecule has 0 spiro atoms. The van der Waals surface area contributed by atoms with Crippen LogP contribution in [0.5, 0.6) is 0 Å². The number of rotatable bonds is 6. The lowest BCUT2D eigenvalue weighted by molar-refractivity contribution is 0.503. The molecule has 0 aromatic carbocycles. The van der Waals surface area contributed by atoms with E-state index < -0.39 is 0 Å². The van der Waals surface area contributed by atoms with Crippen LogP contribution in [-0.4, -0.2) is 22.6 Å². The van der Waals surface area contributed by atoms with Crippen molar-refractivity contribution < 1.29 is 0 Å². The van der Waals surface area contributed by atoms with Crippen molar-refractivity contribution in [2.24, 2.45) is 10.9 Å². The molecule has 0 radical (unpaired) electrons. The van der Waals surface area contributed by atoms with Gasteiger partial charge < -0.3 is 15.2 Å². The zero-order valence-corrected chi connectivity index (χ0v) is 17.3. The molecule has 0 bridgehead atoms. The molecule has 0 fully saturated rings. The fourth-order valence-corrected chi connectivity index (χ4v) is 3.05. The number of hydrogen-bond donors (Lipinski definition) is 2. The van der Waals surface area contributed by atoms with Crippen LogP contribution in [0.2, 0.25) is 0 Å². The van der Waals surface area contributed by atoms with Crippen LogP contribution in [-0.2, 0) is 19.6 Å². The molecule has 2 N–H and O–H groups in total. The second-order valence-electron chi connectivity index (χ2n) is 5.70. The first-order chi connectivity index (χ1) is 10.6. The molecule has 0 aliphatic heterocycles. The highest BCUT2D eigenvalue weighted by molar-refractivity contribution is 14.0. The van der Waals surface area contributed by atoms with Gasteiger partial charge in [0.05, 0.1) is 13.1 Å². The van der Waals surface area contributed by atoms with Crippen LogP contribution in [0.4, 0.5) is 0 Å². The fourth-order valence-electron chi connectivity index (χ4n) is 2.20. The maximum Gasteiger partial charge on any atom is 0.191 e. The topological polar surface area (TPSA) is 54.2 Å². The average molecular weight is 447 g/mol. The van der Waals surface area contributed by atoms with Gasteiger partial charge in [0.2, 0.25) is 0 Å². The number of imidazole rings is 1. The quantitative estimate of drug-likeness (QED) is 0.406. The number of nitrogens with zero attached hydrogens (tertiary/aromatic N) is 3. The summed E-state index contributed by atoms with van der Waals surface area (Å²) in [7, 11) is 1.79. The van der Waals surface area contributed by atoms with Gasteiger partial charge in [-0.1, -0.05) is 13.8 Å². The van der Waals surface area contributed by atoms with Gasteiger partial charge in [0.1, 0.15) is 5.82 Å². The third-order valence-corrected chi connectivity index (χ3v) is 4.41. The van der Waals surface area contributed by atoms with Crippen LogP contribution in [0, 0.1) is 12.8 Å². The van der Waals surface area contributed by atoms with Crippen LogP contribution in [0.1, 0.15) is 30.1 Å². The van der Waals surface area contributed by atoms with E-state index in [1.165, 1.54) is 10.4 Å². The van der Waals surface area contributed by atoms with E-state index in [4.69, 9.17) is 0 Å². The number of aliphatic imine (C=N–C) groups is 1. The Kier molecular flexibility index (Phi) is 8.60. The second kappa shape index (κ2) is 9.92. The first-order valence-electron chi connectivity index (χ1n) is 7.57. The van der Waals surface area contributed by atoms with Crippen molar-refractivity contribution in [1.82, 2.24) is 20.2 Å². The number of hydrogen-bond acceptors (Lipinski definition) is 3. The summed E-state index contributed by atoms with van der Waals surface area (Å²) in [4.78, 5) is 10.0. The lowest BCUT2D eigenvalue weighted by Crippen LogP contribution is -2.37. The maximum atomic E-state index is 4.42. The molecule has 0 aliphatic carbocycles. The summed E-state index contributed by atoms with van der Waals surface area (Å²) >= 11 is 1.77. The minimum atomic E-state index is 0. The highest BCUT2D eigenvalue weighted by atomic mass is 127. The lowest BCUT2D eigenvalue weighted by Gasteiger charge is -2.14. The normalized spacial score (nSPS) is 11.4. The van der Waals surface area contributed by atoms with Crippen molar-refractivity contribution in [3.05, 3.63) is 40.1 Å². The Bertz CT molecular complexity index is 618. The van der Waals surface area contributed by atoms with Crippen LogP contribution in [0.3, 0.4) is 0 Å². The summed E-state index contributed by atoms with van der Waals surface area (Å²) in [5.41, 5.74) is 1.32. The molecular formula is C16H26IN5S. The van der Waals surface area contributed by atoms with Crippen molar-refractivity contribution in [1.29, 1.82) is 0 Å². The van der Waals surface area contributed by atoms with E-state index in [9.17, 15) is 0 Å². The summed E-state index contributed by atoms with van der Waals surface area (Å²) in [6.45, 7) is 9.00. The van der Waals surface area contributed by atoms with Crippen LogP contribution in [0.15, 0.2) is 28.8 Å². The Labute approximate surface area is 159 Å². The van der Waals surface area contributed by atoms with E-state index in [2.05, 4.69) is 57.4 Å². The first kappa shape index (κ1) is 20.0. The Morgan fingerprint density at radius 2 is 2.09 bits per heavy atom. The second-order valence-corrected chi connectivity index (χ2v) is 6.70. The van der Waals surface area contributed by atoms with Gasteiger partial charge in [-0.3, -0.25) is 4.99 Å². The van der Waals surface area contributed by atoms with E-state index in [0.717, 1.165) is 24.9 Å². The molecule has 0 amide bonds. The molecule has 0 saturated carbocycles. The maximum absolute atomic E-state index is 4.42. The average Bonchev–Trinajstić information content (AvgIpc) is 3.08. The van der Waals surface area contributed by atoms with Crippen LogP contribution >= 0.6 is 35.3 Å². The molecule has 7 heteroatoms. The largest absolute Gasteiger partial charge is 0.352 e. The van der Waals surface area contributed by atoms with Crippen LogP contribution < -0.4 is 10.6 Å². The van der Waals surface area contributed by atoms with Crippen molar-refractivity contribution in [3.8, 4) is 0 Å². The van der Waals surface area contributed by atoms with E-state index >= 15 is 0 Å². The number of aryl methyl sites for hydroxylation is 1. The summed E-state index contributed by atoms with van der Waals surface area (Å²) < 4.78 is 2.19. The molecule has 0 unspecified atom stereocenters. The van der Waals surface area contributed by atoms with Gasteiger partial charge >= 0.3 is 0 Å². The standard InChI is InChI=1S/C16H25N5S.HI/c1-12(2)11-21-7-6-18-15(21)10-20-16(17-4)19-9-14-13(3)5-8-22-14;/h5-8,12H,9-11H2,1-4H3,(H2,17,19,20);1H. The van der Waals surface area contributed by atoms with E-state index in [-0.39, 0.29) is 24.0 Å². The molecule has 0 aliphatic rings. The van der Waals surface area contributed by atoms with Crippen molar-refractivity contribution >= 4 is 41.3 Å². The molecule has 2 heterocycles. The van der Waals surface area contributed by atoms with E-state index in [1.807, 2.05) is 12.4 Å². The lowest BCUT2D eigenvalue weighted by atomic mass is 10.2. The molecule has 2 aromatic rings. The summed E-state index contributed by atoms with van der Waals surface area (Å²) in [5.74, 6) is 2.43. The Morgan fingerprint density at radius 1 is 1.35 bits per heavy atom. The minimum Gasteiger partial charge on any atom is -0.352 e. The molecule has 0 atom stereocenters. The van der Waals surface area contributed by atoms with Crippen molar-refractivity contribution in [3.63, 3.8) is 0 Å². The zero-order chi connectivity index (χ0) is 15.9. The highest BCUT2D eigenvalue weighted by Gasteiger charge is 2.06. The number of thiophene rings is 1. The van der Waals surface area contributed by atoms with Gasteiger partial charge in [-0.15, -0.1) is 35.3 Å². The number of aromatic nitrogens is 2. The van der Waals surface area contributed by atoms with E-state index in [0.29, 0.717) is 12.5 Å². The number of halogens is 1. The monoisotopic (exact) mass is 447 g/mol. The fraction of sp³-hybridized carbons (Fsp3) is 0.500. The Morgan fingerprint density at radius 3 is 2.70 bits per heavy atom. The third kappa shape index (κ3) is 6.14. The molecule has 128 valence electrons. The number of guanidine groups is 1.